The van der Waals surface area contributed by atoms with Gasteiger partial charge >= 0.3 is 6.09 Å². The van der Waals surface area contributed by atoms with E-state index in [1.54, 1.807) is 31.2 Å². The van der Waals surface area contributed by atoms with Gasteiger partial charge in [0, 0.05) is 32.7 Å². The van der Waals surface area contributed by atoms with E-state index in [0.717, 1.165) is 0 Å². The Kier molecular flexibility index (Phi) is 7.86. The zero-order valence-electron chi connectivity index (χ0n) is 15.3. The maximum atomic E-state index is 12.4. The first-order valence-electron chi connectivity index (χ1n) is 8.76. The van der Waals surface area contributed by atoms with Crippen molar-refractivity contribution in [3.05, 3.63) is 30.3 Å². The number of sulfonamides is 1. The van der Waals surface area contributed by atoms with Crippen LogP contribution in [0, 0.1) is 0 Å². The highest BCUT2D eigenvalue weighted by Gasteiger charge is 2.29. The molecule has 9 nitrogen and oxygen atoms in total. The van der Waals surface area contributed by atoms with Gasteiger partial charge in [-0.15, -0.1) is 0 Å². The molecule has 2 rings (SSSR count). The molecule has 27 heavy (non-hydrogen) atoms. The molecule has 0 bridgehead atoms. The summed E-state index contributed by atoms with van der Waals surface area (Å²) in [6, 6.07) is 8.88. The first kappa shape index (κ1) is 21.0. The Bertz CT molecular complexity index is 717. The van der Waals surface area contributed by atoms with Crippen LogP contribution in [0.15, 0.2) is 30.3 Å². The molecule has 1 aliphatic rings. The fraction of sp³-hybridized carbons (Fsp3) is 0.529. The Hall–Kier alpha value is -2.33. The van der Waals surface area contributed by atoms with Crippen LogP contribution in [0.25, 0.3) is 0 Å². The van der Waals surface area contributed by atoms with Crippen molar-refractivity contribution in [3.63, 3.8) is 0 Å². The average Bonchev–Trinajstić information content (AvgIpc) is 2.67. The molecule has 0 atom stereocenters. The number of ether oxygens (including phenoxy) is 2. The number of carbonyl (C=O) groups is 2. The van der Waals surface area contributed by atoms with Crippen molar-refractivity contribution in [2.75, 3.05) is 51.7 Å². The van der Waals surface area contributed by atoms with Crippen LogP contribution in [-0.4, -0.2) is 81.3 Å². The minimum absolute atomic E-state index is 0.00257. The monoisotopic (exact) mass is 399 g/mol. The van der Waals surface area contributed by atoms with Crippen molar-refractivity contribution < 1.29 is 27.5 Å². The maximum absolute atomic E-state index is 12.4. The second-order valence-corrected chi connectivity index (χ2v) is 7.94. The molecule has 0 spiro atoms. The van der Waals surface area contributed by atoms with Crippen molar-refractivity contribution in [2.24, 2.45) is 0 Å². The molecule has 0 saturated carbocycles. The average molecular weight is 399 g/mol. The molecule has 0 aliphatic carbocycles. The number of hydrogen-bond acceptors (Lipinski definition) is 6. The van der Waals surface area contributed by atoms with Gasteiger partial charge in [0.1, 0.15) is 5.75 Å². The number of benzene rings is 1. The Morgan fingerprint density at radius 3 is 2.41 bits per heavy atom. The van der Waals surface area contributed by atoms with Gasteiger partial charge in [-0.3, -0.25) is 4.79 Å². The molecule has 10 heteroatoms. The normalized spacial score (nSPS) is 15.2. The molecule has 2 amide bonds. The lowest BCUT2D eigenvalue weighted by molar-refractivity contribution is -0.122. The molecular formula is C17H25N3O6S. The topological polar surface area (TPSA) is 105 Å². The minimum Gasteiger partial charge on any atom is -0.484 e. The summed E-state index contributed by atoms with van der Waals surface area (Å²) in [6.45, 7) is 2.83. The third-order valence-electron chi connectivity index (χ3n) is 3.95. The molecule has 0 radical (unpaired) electrons. The van der Waals surface area contributed by atoms with Crippen LogP contribution in [-0.2, 0) is 19.6 Å². The van der Waals surface area contributed by atoms with E-state index in [2.05, 4.69) is 5.32 Å². The van der Waals surface area contributed by atoms with Gasteiger partial charge in [0.25, 0.3) is 5.91 Å². The number of nitrogens with one attached hydrogen (secondary N) is 1. The Labute approximate surface area is 159 Å². The SMILES string of the molecule is CCOC(=O)N1CCN(S(=O)(=O)CCNC(=O)COc2ccccc2)CC1. The van der Waals surface area contributed by atoms with Crippen LogP contribution in [0.4, 0.5) is 4.79 Å². The number of rotatable bonds is 8. The second kappa shape index (κ2) is 10.1. The van der Waals surface area contributed by atoms with Gasteiger partial charge in [-0.1, -0.05) is 18.2 Å². The lowest BCUT2D eigenvalue weighted by Crippen LogP contribution is -2.51. The van der Waals surface area contributed by atoms with Crippen molar-refractivity contribution in [1.29, 1.82) is 0 Å². The van der Waals surface area contributed by atoms with Gasteiger partial charge in [0.2, 0.25) is 10.0 Å². The van der Waals surface area contributed by atoms with Crippen molar-refractivity contribution in [3.8, 4) is 5.75 Å². The molecule has 1 aliphatic heterocycles. The molecule has 150 valence electrons. The quantitative estimate of drug-likeness (QED) is 0.673. The van der Waals surface area contributed by atoms with Crippen LogP contribution in [0.2, 0.25) is 0 Å². The molecule has 1 aromatic carbocycles. The number of piperazine rings is 1. The van der Waals surface area contributed by atoms with E-state index < -0.39 is 16.1 Å². The highest BCUT2D eigenvalue weighted by atomic mass is 32.2. The molecular weight excluding hydrogens is 374 g/mol. The summed E-state index contributed by atoms with van der Waals surface area (Å²) in [4.78, 5) is 24.9. The van der Waals surface area contributed by atoms with E-state index >= 15 is 0 Å². The number of amides is 2. The fourth-order valence-corrected chi connectivity index (χ4v) is 3.87. The van der Waals surface area contributed by atoms with Crippen molar-refractivity contribution in [1.82, 2.24) is 14.5 Å². The van der Waals surface area contributed by atoms with Crippen molar-refractivity contribution in [2.45, 2.75) is 6.92 Å². The first-order valence-corrected chi connectivity index (χ1v) is 10.4. The van der Waals surface area contributed by atoms with E-state index in [9.17, 15) is 18.0 Å². The minimum atomic E-state index is -3.51. The molecule has 0 unspecified atom stereocenters. The molecule has 1 N–H and O–H groups in total. The third kappa shape index (κ3) is 6.72. The zero-order valence-corrected chi connectivity index (χ0v) is 16.1. The van der Waals surface area contributed by atoms with E-state index in [1.807, 2.05) is 6.07 Å². The largest absolute Gasteiger partial charge is 0.484 e. The summed E-state index contributed by atoms with van der Waals surface area (Å²) >= 11 is 0. The van der Waals surface area contributed by atoms with E-state index in [0.29, 0.717) is 5.75 Å². The number of nitrogens with zero attached hydrogens (tertiary/aromatic N) is 2. The van der Waals surface area contributed by atoms with Gasteiger partial charge in [0.15, 0.2) is 6.61 Å². The van der Waals surface area contributed by atoms with E-state index in [4.69, 9.17) is 9.47 Å². The standard InChI is InChI=1S/C17H25N3O6S/c1-2-25-17(22)19-9-11-20(12-10-19)27(23,24)13-8-18-16(21)14-26-15-6-4-3-5-7-15/h3-7H,2,8-14H2,1H3,(H,18,21). The number of carbonyl (C=O) groups excluding carboxylic acids is 2. The summed E-state index contributed by atoms with van der Waals surface area (Å²) in [5.74, 6) is -0.0235. The van der Waals surface area contributed by atoms with E-state index in [1.165, 1.54) is 9.21 Å². The van der Waals surface area contributed by atoms with E-state index in [-0.39, 0.29) is 57.6 Å². The van der Waals surface area contributed by atoms with Gasteiger partial charge in [-0.25, -0.2) is 13.2 Å². The molecule has 1 fully saturated rings. The Morgan fingerprint density at radius 1 is 1.11 bits per heavy atom. The number of para-hydroxylation sites is 1. The van der Waals surface area contributed by atoms with Gasteiger partial charge in [-0.2, -0.15) is 4.31 Å². The van der Waals surface area contributed by atoms with Gasteiger partial charge < -0.3 is 19.7 Å². The smallest absolute Gasteiger partial charge is 0.409 e. The van der Waals surface area contributed by atoms with Crippen LogP contribution < -0.4 is 10.1 Å². The highest BCUT2D eigenvalue weighted by Crippen LogP contribution is 2.09. The predicted octanol–water partition coefficient (Wildman–Crippen LogP) is 0.286. The molecule has 1 saturated heterocycles. The summed E-state index contributed by atoms with van der Waals surface area (Å²) < 4.78 is 36.3. The summed E-state index contributed by atoms with van der Waals surface area (Å²) in [5, 5.41) is 2.54. The number of hydrogen-bond donors (Lipinski definition) is 1. The van der Waals surface area contributed by atoms with Crippen LogP contribution in [0.5, 0.6) is 5.75 Å². The second-order valence-electron chi connectivity index (χ2n) is 5.85. The van der Waals surface area contributed by atoms with Crippen LogP contribution in [0.3, 0.4) is 0 Å². The Balaban J connectivity index is 1.69. The van der Waals surface area contributed by atoms with Crippen LogP contribution in [0.1, 0.15) is 6.92 Å². The summed E-state index contributed by atoms with van der Waals surface area (Å²) in [7, 11) is -3.51. The first-order chi connectivity index (χ1) is 12.9. The zero-order chi connectivity index (χ0) is 19.7. The van der Waals surface area contributed by atoms with Crippen molar-refractivity contribution >= 4 is 22.0 Å². The summed E-state index contributed by atoms with van der Waals surface area (Å²) in [5.41, 5.74) is 0. The Morgan fingerprint density at radius 2 is 1.78 bits per heavy atom. The highest BCUT2D eigenvalue weighted by molar-refractivity contribution is 7.89. The van der Waals surface area contributed by atoms with Gasteiger partial charge in [0.05, 0.1) is 12.4 Å². The fourth-order valence-electron chi connectivity index (χ4n) is 2.53. The lowest BCUT2D eigenvalue weighted by atomic mass is 10.3. The molecule has 1 aromatic rings. The summed E-state index contributed by atoms with van der Waals surface area (Å²) in [6.07, 6.45) is -0.430. The lowest BCUT2D eigenvalue weighted by Gasteiger charge is -2.33. The predicted molar refractivity (Wildman–Crippen MR) is 98.9 cm³/mol. The molecule has 1 heterocycles. The molecule has 0 aromatic heterocycles. The van der Waals surface area contributed by atoms with Gasteiger partial charge in [-0.05, 0) is 19.1 Å². The van der Waals surface area contributed by atoms with Crippen LogP contribution >= 0.6 is 0 Å². The maximum Gasteiger partial charge on any atom is 0.409 e. The third-order valence-corrected chi connectivity index (χ3v) is 5.83.